The average molecular weight is 321 g/mol. The summed E-state index contributed by atoms with van der Waals surface area (Å²) >= 11 is 0. The summed E-state index contributed by atoms with van der Waals surface area (Å²) in [4.78, 5) is 11.2. The molecule has 0 radical (unpaired) electrons. The van der Waals surface area contributed by atoms with Gasteiger partial charge in [0, 0.05) is 0 Å². The third kappa shape index (κ3) is 10.7. The molecule has 0 amide bonds. The lowest BCUT2D eigenvalue weighted by atomic mass is 10.1. The van der Waals surface area contributed by atoms with Gasteiger partial charge in [-0.05, 0) is 6.42 Å². The Balaban J connectivity index is 3.66. The molecular formula is C15H29O5S-. The van der Waals surface area contributed by atoms with E-state index in [0.29, 0.717) is 6.42 Å². The highest BCUT2D eigenvalue weighted by molar-refractivity contribution is 7.87. The van der Waals surface area contributed by atoms with Crippen LogP contribution in [0.1, 0.15) is 77.6 Å². The summed E-state index contributed by atoms with van der Waals surface area (Å²) in [7, 11) is -3.51. The zero-order valence-corrected chi connectivity index (χ0v) is 14.1. The first kappa shape index (κ1) is 20.4. The van der Waals surface area contributed by atoms with Crippen molar-refractivity contribution in [2.24, 2.45) is 0 Å². The van der Waals surface area contributed by atoms with Crippen LogP contribution in [0.25, 0.3) is 0 Å². The molecule has 0 aliphatic heterocycles. The Hall–Kier alpha value is -0.620. The van der Waals surface area contributed by atoms with Gasteiger partial charge in [0.2, 0.25) is 0 Å². The fourth-order valence-corrected chi connectivity index (χ4v) is 3.12. The summed E-state index contributed by atoms with van der Waals surface area (Å²) < 4.78 is 37.3. The number of hydrogen-bond donors (Lipinski definition) is 0. The van der Waals surface area contributed by atoms with Gasteiger partial charge in [0.1, 0.15) is 15.4 Å². The van der Waals surface area contributed by atoms with E-state index in [1.807, 2.05) is 0 Å². The molecule has 0 fully saturated rings. The summed E-state index contributed by atoms with van der Waals surface area (Å²) in [5.74, 6) is -0.944. The fourth-order valence-electron chi connectivity index (χ4n) is 2.33. The van der Waals surface area contributed by atoms with Gasteiger partial charge in [0.25, 0.3) is 0 Å². The Morgan fingerprint density at radius 3 is 1.76 bits per heavy atom. The van der Waals surface area contributed by atoms with Gasteiger partial charge in [-0.25, -0.2) is 8.42 Å². The maximum absolute atomic E-state index is 11.2. The Labute approximate surface area is 129 Å². The summed E-state index contributed by atoms with van der Waals surface area (Å²) in [6, 6.07) is 0. The molecule has 0 saturated heterocycles. The van der Waals surface area contributed by atoms with E-state index in [1.165, 1.54) is 38.5 Å². The first-order valence-electron chi connectivity index (χ1n) is 7.96. The largest absolute Gasteiger partial charge is 0.747 e. The second-order valence-electron chi connectivity index (χ2n) is 5.48. The molecule has 1 atom stereocenters. The number of carbonyl (C=O) groups excluding carboxylic acids is 1. The second-order valence-corrected chi connectivity index (χ2v) is 7.03. The van der Waals surface area contributed by atoms with Crippen molar-refractivity contribution in [3.8, 4) is 0 Å². The molecule has 0 rings (SSSR count). The second kappa shape index (κ2) is 12.0. The number of rotatable bonds is 13. The van der Waals surface area contributed by atoms with Crippen LogP contribution in [0.2, 0.25) is 0 Å². The predicted molar refractivity (Wildman–Crippen MR) is 82.0 cm³/mol. The molecule has 1 unspecified atom stereocenters. The molecule has 0 N–H and O–H groups in total. The lowest BCUT2D eigenvalue weighted by molar-refractivity contribution is -0.140. The van der Waals surface area contributed by atoms with Crippen LogP contribution in [0.4, 0.5) is 0 Å². The molecule has 0 heterocycles. The zero-order chi connectivity index (χ0) is 16.1. The third-order valence-corrected chi connectivity index (χ3v) is 4.76. The molecule has 0 spiro atoms. The SMILES string of the molecule is CCCCCCCCCCCCC(C(=O)OC)S(=O)(=O)[O-]. The summed E-state index contributed by atoms with van der Waals surface area (Å²) in [6.45, 7) is 2.20. The minimum Gasteiger partial charge on any atom is -0.747 e. The highest BCUT2D eigenvalue weighted by Gasteiger charge is 2.25. The Morgan fingerprint density at radius 2 is 1.38 bits per heavy atom. The van der Waals surface area contributed by atoms with E-state index in [0.717, 1.165) is 26.4 Å². The van der Waals surface area contributed by atoms with Gasteiger partial charge < -0.3 is 9.29 Å². The van der Waals surface area contributed by atoms with Crippen molar-refractivity contribution in [1.29, 1.82) is 0 Å². The number of unbranched alkanes of at least 4 members (excludes halogenated alkanes) is 9. The van der Waals surface area contributed by atoms with Crippen LogP contribution in [-0.4, -0.2) is 31.3 Å². The lowest BCUT2D eigenvalue weighted by Gasteiger charge is -2.17. The molecule has 0 aliphatic carbocycles. The summed E-state index contributed by atoms with van der Waals surface area (Å²) in [5, 5.41) is -1.54. The van der Waals surface area contributed by atoms with Crippen molar-refractivity contribution in [3.05, 3.63) is 0 Å². The first-order chi connectivity index (χ1) is 9.93. The maximum atomic E-state index is 11.2. The Bertz CT molecular complexity index is 364. The molecule has 6 heteroatoms. The van der Waals surface area contributed by atoms with Crippen molar-refractivity contribution in [2.75, 3.05) is 7.11 Å². The van der Waals surface area contributed by atoms with E-state index in [-0.39, 0.29) is 6.42 Å². The van der Waals surface area contributed by atoms with Crippen LogP contribution in [0.5, 0.6) is 0 Å². The first-order valence-corrected chi connectivity index (χ1v) is 9.43. The third-order valence-electron chi connectivity index (χ3n) is 3.63. The smallest absolute Gasteiger partial charge is 0.322 e. The highest BCUT2D eigenvalue weighted by Crippen LogP contribution is 2.15. The molecule has 0 aromatic rings. The standard InChI is InChI=1S/C15H30O5S/c1-3-4-5-6-7-8-9-10-11-12-13-14(15(16)20-2)21(17,18)19/h14H,3-13H2,1-2H3,(H,17,18,19)/p-1. The fraction of sp³-hybridized carbons (Fsp3) is 0.933. The lowest BCUT2D eigenvalue weighted by Crippen LogP contribution is -2.31. The highest BCUT2D eigenvalue weighted by atomic mass is 32.2. The van der Waals surface area contributed by atoms with Crippen LogP contribution in [-0.2, 0) is 19.6 Å². The Kier molecular flexibility index (Phi) is 11.6. The van der Waals surface area contributed by atoms with Crippen molar-refractivity contribution in [2.45, 2.75) is 82.8 Å². The van der Waals surface area contributed by atoms with Crippen molar-refractivity contribution in [1.82, 2.24) is 0 Å². The number of hydrogen-bond acceptors (Lipinski definition) is 5. The number of esters is 1. The van der Waals surface area contributed by atoms with E-state index in [2.05, 4.69) is 11.7 Å². The van der Waals surface area contributed by atoms with Gasteiger partial charge in [-0.15, -0.1) is 0 Å². The van der Waals surface area contributed by atoms with Crippen LogP contribution < -0.4 is 0 Å². The van der Waals surface area contributed by atoms with Gasteiger partial charge in [-0.1, -0.05) is 71.1 Å². The molecule has 0 saturated carbocycles. The quantitative estimate of drug-likeness (QED) is 0.295. The van der Waals surface area contributed by atoms with Crippen LogP contribution in [0.15, 0.2) is 0 Å². The van der Waals surface area contributed by atoms with Crippen LogP contribution >= 0.6 is 0 Å². The van der Waals surface area contributed by atoms with E-state index < -0.39 is 21.3 Å². The zero-order valence-electron chi connectivity index (χ0n) is 13.3. The monoisotopic (exact) mass is 321 g/mol. The number of methoxy groups -OCH3 is 1. The van der Waals surface area contributed by atoms with Crippen LogP contribution in [0.3, 0.4) is 0 Å². The van der Waals surface area contributed by atoms with Crippen molar-refractivity contribution < 1.29 is 22.5 Å². The van der Waals surface area contributed by atoms with Gasteiger partial charge in [-0.2, -0.15) is 0 Å². The maximum Gasteiger partial charge on any atom is 0.322 e. The topological polar surface area (TPSA) is 83.5 Å². The van der Waals surface area contributed by atoms with Gasteiger partial charge in [0.15, 0.2) is 0 Å². The Morgan fingerprint density at radius 1 is 0.952 bits per heavy atom. The van der Waals surface area contributed by atoms with Crippen molar-refractivity contribution in [3.63, 3.8) is 0 Å². The van der Waals surface area contributed by atoms with Crippen LogP contribution in [0, 0.1) is 0 Å². The average Bonchev–Trinajstić information content (AvgIpc) is 2.42. The van der Waals surface area contributed by atoms with E-state index >= 15 is 0 Å². The molecule has 126 valence electrons. The number of carbonyl (C=O) groups is 1. The predicted octanol–water partition coefficient (Wildman–Crippen LogP) is 3.38. The molecular weight excluding hydrogens is 292 g/mol. The molecule has 0 aliphatic rings. The van der Waals surface area contributed by atoms with E-state index in [9.17, 15) is 17.8 Å². The van der Waals surface area contributed by atoms with Gasteiger partial charge in [0.05, 0.1) is 7.11 Å². The molecule has 0 aromatic carbocycles. The summed E-state index contributed by atoms with van der Waals surface area (Å²) in [6.07, 6.45) is 11.2. The summed E-state index contributed by atoms with van der Waals surface area (Å²) in [5.41, 5.74) is 0. The molecule has 0 bridgehead atoms. The van der Waals surface area contributed by atoms with Crippen molar-refractivity contribution >= 4 is 16.1 Å². The number of ether oxygens (including phenoxy) is 1. The normalized spacial score (nSPS) is 13.1. The molecule has 5 nitrogen and oxygen atoms in total. The van der Waals surface area contributed by atoms with E-state index in [4.69, 9.17) is 0 Å². The minimum absolute atomic E-state index is 0.0645. The minimum atomic E-state index is -4.61. The molecule has 0 aromatic heterocycles. The molecule has 21 heavy (non-hydrogen) atoms. The van der Waals surface area contributed by atoms with Gasteiger partial charge >= 0.3 is 5.97 Å². The van der Waals surface area contributed by atoms with Gasteiger partial charge in [-0.3, -0.25) is 4.79 Å². The van der Waals surface area contributed by atoms with E-state index in [1.54, 1.807) is 0 Å².